The molecule has 2 aliphatic heterocycles. The highest BCUT2D eigenvalue weighted by Crippen LogP contribution is 2.37. The van der Waals surface area contributed by atoms with Crippen molar-refractivity contribution in [3.8, 4) is 17.0 Å². The highest BCUT2D eigenvalue weighted by molar-refractivity contribution is 6.02. The molecule has 0 atom stereocenters. The lowest BCUT2D eigenvalue weighted by atomic mass is 10.1. The minimum Gasteiger partial charge on any atom is -0.497 e. The number of hydrogen-bond acceptors (Lipinski definition) is 7. The second kappa shape index (κ2) is 8.71. The molecule has 0 unspecified atom stereocenters. The maximum Gasteiger partial charge on any atom is 0.233 e. The molecular weight excluding hydrogens is 416 g/mol. The summed E-state index contributed by atoms with van der Waals surface area (Å²) in [5, 5.41) is 0. The molecule has 1 aromatic heterocycles. The molecule has 33 heavy (non-hydrogen) atoms. The van der Waals surface area contributed by atoms with Gasteiger partial charge in [-0.05, 0) is 36.9 Å². The summed E-state index contributed by atoms with van der Waals surface area (Å²) in [6.07, 6.45) is 0.286. The van der Waals surface area contributed by atoms with Crippen LogP contribution in [0.15, 0.2) is 48.5 Å². The van der Waals surface area contributed by atoms with E-state index in [0.717, 1.165) is 54.3 Å². The normalized spacial score (nSPS) is 16.2. The quantitative estimate of drug-likeness (QED) is 0.605. The van der Waals surface area contributed by atoms with Crippen LogP contribution in [0.4, 0.5) is 17.5 Å². The number of methoxy groups -OCH3 is 1. The number of aromatic nitrogens is 2. The summed E-state index contributed by atoms with van der Waals surface area (Å²) >= 11 is 0. The molecule has 8 nitrogen and oxygen atoms in total. The van der Waals surface area contributed by atoms with Crippen LogP contribution >= 0.6 is 0 Å². The summed E-state index contributed by atoms with van der Waals surface area (Å²) < 4.78 is 5.26. The first-order chi connectivity index (χ1) is 16.0. The smallest absolute Gasteiger partial charge is 0.233 e. The zero-order chi connectivity index (χ0) is 22.9. The van der Waals surface area contributed by atoms with E-state index >= 15 is 0 Å². The summed E-state index contributed by atoms with van der Waals surface area (Å²) in [5.74, 6) is 2.19. The lowest BCUT2D eigenvalue weighted by molar-refractivity contribution is -0.117. The van der Waals surface area contributed by atoms with E-state index in [1.54, 1.807) is 12.0 Å². The van der Waals surface area contributed by atoms with Crippen molar-refractivity contribution >= 4 is 23.4 Å². The number of rotatable bonds is 5. The largest absolute Gasteiger partial charge is 0.497 e. The lowest BCUT2D eigenvalue weighted by Crippen LogP contribution is -2.45. The molecule has 0 spiro atoms. The van der Waals surface area contributed by atoms with Gasteiger partial charge in [0.1, 0.15) is 11.6 Å². The maximum absolute atomic E-state index is 13.1. The number of nitrogen functional groups attached to an aromatic ring is 1. The number of anilines is 3. The van der Waals surface area contributed by atoms with Crippen LogP contribution in [0.3, 0.4) is 0 Å². The summed E-state index contributed by atoms with van der Waals surface area (Å²) in [6, 6.07) is 15.4. The Morgan fingerprint density at radius 2 is 1.67 bits per heavy atom. The summed E-state index contributed by atoms with van der Waals surface area (Å²) in [4.78, 5) is 29.3. The number of nitrogens with zero attached hydrogens (tertiary/aromatic N) is 5. The molecule has 0 radical (unpaired) electrons. The van der Waals surface area contributed by atoms with E-state index in [2.05, 4.69) is 16.8 Å². The van der Waals surface area contributed by atoms with Gasteiger partial charge < -0.3 is 20.3 Å². The van der Waals surface area contributed by atoms with E-state index in [-0.39, 0.29) is 12.3 Å². The zero-order valence-corrected chi connectivity index (χ0v) is 19.0. The number of hydrogen-bond donors (Lipinski definition) is 1. The van der Waals surface area contributed by atoms with Crippen molar-refractivity contribution in [2.24, 2.45) is 0 Å². The van der Waals surface area contributed by atoms with Gasteiger partial charge in [0.15, 0.2) is 0 Å². The number of carbonyl (C=O) groups excluding carboxylic acids is 1. The van der Waals surface area contributed by atoms with Crippen molar-refractivity contribution < 1.29 is 9.53 Å². The first kappa shape index (κ1) is 21.2. The number of amides is 1. The molecule has 1 fully saturated rings. The number of ether oxygens (including phenoxy) is 1. The van der Waals surface area contributed by atoms with Crippen molar-refractivity contribution in [1.29, 1.82) is 0 Å². The Hall–Kier alpha value is -3.65. The van der Waals surface area contributed by atoms with E-state index in [1.807, 2.05) is 48.5 Å². The number of likely N-dealkylation sites (N-methyl/N-ethyl adjacent to an activating group) is 1. The molecule has 0 aliphatic carbocycles. The summed E-state index contributed by atoms with van der Waals surface area (Å²) in [6.45, 7) is 4.06. The van der Waals surface area contributed by atoms with Gasteiger partial charge in [0.25, 0.3) is 0 Å². The monoisotopic (exact) mass is 444 g/mol. The average Bonchev–Trinajstić information content (AvgIpc) is 3.15. The van der Waals surface area contributed by atoms with E-state index < -0.39 is 0 Å². The molecule has 3 aromatic rings. The summed E-state index contributed by atoms with van der Waals surface area (Å²) in [5.41, 5.74) is 10.2. The van der Waals surface area contributed by atoms with Crippen LogP contribution in [0, 0.1) is 0 Å². The van der Waals surface area contributed by atoms with Crippen molar-refractivity contribution in [3.63, 3.8) is 0 Å². The number of benzene rings is 2. The number of nitrogens with two attached hydrogens (primary N) is 1. The van der Waals surface area contributed by atoms with Gasteiger partial charge in [0, 0.05) is 43.0 Å². The van der Waals surface area contributed by atoms with Crippen LogP contribution < -0.4 is 20.3 Å². The first-order valence-corrected chi connectivity index (χ1v) is 11.2. The fraction of sp³-hybridized carbons (Fsp3) is 0.320. The van der Waals surface area contributed by atoms with E-state index in [1.165, 1.54) is 0 Å². The Labute approximate surface area is 193 Å². The topological polar surface area (TPSA) is 87.8 Å². The molecule has 3 heterocycles. The van der Waals surface area contributed by atoms with E-state index in [0.29, 0.717) is 24.0 Å². The van der Waals surface area contributed by atoms with Crippen molar-refractivity contribution in [2.75, 3.05) is 55.9 Å². The zero-order valence-electron chi connectivity index (χ0n) is 19.0. The Bertz CT molecular complexity index is 1150. The third-order valence-corrected chi connectivity index (χ3v) is 6.33. The fourth-order valence-corrected chi connectivity index (χ4v) is 4.32. The van der Waals surface area contributed by atoms with Crippen LogP contribution in [0.2, 0.25) is 0 Å². The van der Waals surface area contributed by atoms with Gasteiger partial charge in [-0.2, -0.15) is 4.98 Å². The van der Waals surface area contributed by atoms with E-state index in [9.17, 15) is 4.79 Å². The highest BCUT2D eigenvalue weighted by Gasteiger charge is 2.34. The van der Waals surface area contributed by atoms with Gasteiger partial charge in [-0.1, -0.05) is 24.3 Å². The Morgan fingerprint density at radius 3 is 2.33 bits per heavy atom. The molecule has 5 rings (SSSR count). The van der Waals surface area contributed by atoms with Gasteiger partial charge in [-0.25, -0.2) is 4.98 Å². The first-order valence-electron chi connectivity index (χ1n) is 11.2. The Balaban J connectivity index is 1.56. The van der Waals surface area contributed by atoms with E-state index in [4.69, 9.17) is 20.4 Å². The standard InChI is InChI=1S/C25H28N6O2/c1-29-11-13-30(14-12-29)25-27-23(18-5-7-19(26)8-6-18)21-15-22(32)31(24(21)28-25)16-17-3-9-20(33-2)10-4-17/h3-10H,11-16,26H2,1-2H3. The van der Waals surface area contributed by atoms with Gasteiger partial charge in [-0.3, -0.25) is 9.69 Å². The van der Waals surface area contributed by atoms with Crippen molar-refractivity contribution in [1.82, 2.24) is 14.9 Å². The van der Waals surface area contributed by atoms with Gasteiger partial charge in [0.2, 0.25) is 11.9 Å². The summed E-state index contributed by atoms with van der Waals surface area (Å²) in [7, 11) is 3.76. The average molecular weight is 445 g/mol. The van der Waals surface area contributed by atoms with Crippen LogP contribution in [0.5, 0.6) is 5.75 Å². The third kappa shape index (κ3) is 4.21. The minimum absolute atomic E-state index is 0.0299. The van der Waals surface area contributed by atoms with Gasteiger partial charge >= 0.3 is 0 Å². The molecule has 170 valence electrons. The van der Waals surface area contributed by atoms with Gasteiger partial charge in [-0.15, -0.1) is 0 Å². The van der Waals surface area contributed by atoms with Crippen LogP contribution in [-0.2, 0) is 17.8 Å². The molecule has 0 saturated carbocycles. The predicted molar refractivity (Wildman–Crippen MR) is 129 cm³/mol. The van der Waals surface area contributed by atoms with Crippen LogP contribution in [0.1, 0.15) is 11.1 Å². The molecule has 8 heteroatoms. The minimum atomic E-state index is 0.0299. The number of carbonyl (C=O) groups is 1. The number of piperazine rings is 1. The second-order valence-electron chi connectivity index (χ2n) is 8.59. The molecule has 2 N–H and O–H groups in total. The molecule has 2 aromatic carbocycles. The second-order valence-corrected chi connectivity index (χ2v) is 8.59. The lowest BCUT2D eigenvalue weighted by Gasteiger charge is -2.33. The highest BCUT2D eigenvalue weighted by atomic mass is 16.5. The molecular formula is C25H28N6O2. The molecule has 2 aliphatic rings. The predicted octanol–water partition coefficient (Wildman–Crippen LogP) is 2.58. The fourth-order valence-electron chi connectivity index (χ4n) is 4.32. The van der Waals surface area contributed by atoms with Crippen LogP contribution in [0.25, 0.3) is 11.3 Å². The van der Waals surface area contributed by atoms with Crippen LogP contribution in [-0.4, -0.2) is 61.1 Å². The Kier molecular flexibility index (Phi) is 5.60. The number of fused-ring (bicyclic) bond motifs is 1. The van der Waals surface area contributed by atoms with Crippen molar-refractivity contribution in [3.05, 3.63) is 59.7 Å². The van der Waals surface area contributed by atoms with Crippen molar-refractivity contribution in [2.45, 2.75) is 13.0 Å². The van der Waals surface area contributed by atoms with Gasteiger partial charge in [0.05, 0.1) is 25.8 Å². The molecule has 1 amide bonds. The third-order valence-electron chi connectivity index (χ3n) is 6.33. The molecule has 0 bridgehead atoms. The molecule has 1 saturated heterocycles. The Morgan fingerprint density at radius 1 is 0.970 bits per heavy atom. The maximum atomic E-state index is 13.1. The SMILES string of the molecule is COc1ccc(CN2C(=O)Cc3c(-c4ccc(N)cc4)nc(N4CCN(C)CC4)nc32)cc1.